The van der Waals surface area contributed by atoms with Gasteiger partial charge in [-0.2, -0.15) is 0 Å². The minimum atomic E-state index is -0.163. The van der Waals surface area contributed by atoms with Crippen LogP contribution in [0.15, 0.2) is 67.1 Å². The van der Waals surface area contributed by atoms with Crippen LogP contribution in [0.3, 0.4) is 0 Å². The summed E-state index contributed by atoms with van der Waals surface area (Å²) in [5.74, 6) is 0.396. The number of nitrogens with zero attached hydrogens (tertiary/aromatic N) is 4. The molecule has 6 heteroatoms. The van der Waals surface area contributed by atoms with E-state index in [1.54, 1.807) is 6.07 Å². The second-order valence-electron chi connectivity index (χ2n) is 6.79. The van der Waals surface area contributed by atoms with Gasteiger partial charge in [-0.15, -0.1) is 0 Å². The molecule has 6 nitrogen and oxygen atoms in total. The number of likely N-dealkylation sites (N-methyl/N-ethyl adjacent to an activating group) is 1. The summed E-state index contributed by atoms with van der Waals surface area (Å²) < 4.78 is 1.97. The maximum Gasteiger partial charge on any atom is 0.256 e. The molecule has 1 aliphatic rings. The maximum atomic E-state index is 12.6. The molecule has 0 aliphatic carbocycles. The van der Waals surface area contributed by atoms with Gasteiger partial charge in [0.1, 0.15) is 5.82 Å². The van der Waals surface area contributed by atoms with Gasteiger partial charge in [-0.3, -0.25) is 4.79 Å². The Morgan fingerprint density at radius 3 is 2.44 bits per heavy atom. The Hall–Kier alpha value is -3.12. The fourth-order valence-electron chi connectivity index (χ4n) is 3.21. The van der Waals surface area contributed by atoms with Crippen LogP contribution in [0.4, 0.5) is 11.5 Å². The van der Waals surface area contributed by atoms with Gasteiger partial charge in [-0.05, 0) is 49.5 Å². The molecule has 0 radical (unpaired) electrons. The summed E-state index contributed by atoms with van der Waals surface area (Å²) in [6.07, 6.45) is 5.74. The van der Waals surface area contributed by atoms with E-state index >= 15 is 0 Å². The summed E-state index contributed by atoms with van der Waals surface area (Å²) >= 11 is 0. The molecule has 3 heterocycles. The molecule has 1 aliphatic heterocycles. The van der Waals surface area contributed by atoms with Gasteiger partial charge in [-0.25, -0.2) is 4.98 Å². The Morgan fingerprint density at radius 1 is 0.963 bits per heavy atom. The zero-order chi connectivity index (χ0) is 18.6. The number of anilines is 2. The number of aromatic nitrogens is 2. The number of amides is 1. The van der Waals surface area contributed by atoms with Crippen molar-refractivity contribution in [3.05, 3.63) is 72.7 Å². The lowest BCUT2D eigenvalue weighted by atomic mass is 10.2. The molecule has 1 N–H and O–H groups in total. The summed E-state index contributed by atoms with van der Waals surface area (Å²) in [6.45, 7) is 4.10. The molecule has 1 fully saturated rings. The van der Waals surface area contributed by atoms with E-state index in [0.717, 1.165) is 37.6 Å². The van der Waals surface area contributed by atoms with Crippen LogP contribution in [-0.2, 0) is 0 Å². The lowest BCUT2D eigenvalue weighted by molar-refractivity contribution is 0.102. The van der Waals surface area contributed by atoms with Crippen molar-refractivity contribution in [1.29, 1.82) is 0 Å². The average molecular weight is 361 g/mol. The fourth-order valence-corrected chi connectivity index (χ4v) is 3.21. The predicted octanol–water partition coefficient (Wildman–Crippen LogP) is 2.88. The first-order valence-corrected chi connectivity index (χ1v) is 9.13. The quantitative estimate of drug-likeness (QED) is 0.776. The molecule has 2 aromatic heterocycles. The molecule has 1 amide bonds. The Morgan fingerprint density at radius 2 is 1.74 bits per heavy atom. The molecule has 0 saturated carbocycles. The van der Waals surface area contributed by atoms with Gasteiger partial charge >= 0.3 is 0 Å². The minimum Gasteiger partial charge on any atom is -0.368 e. The van der Waals surface area contributed by atoms with Crippen LogP contribution in [-0.4, -0.2) is 53.6 Å². The largest absolute Gasteiger partial charge is 0.368 e. The molecule has 138 valence electrons. The van der Waals surface area contributed by atoms with Crippen molar-refractivity contribution in [3.63, 3.8) is 0 Å². The van der Waals surface area contributed by atoms with Crippen LogP contribution in [0, 0.1) is 0 Å². The highest BCUT2D eigenvalue weighted by molar-refractivity contribution is 6.04. The number of pyridine rings is 1. The van der Waals surface area contributed by atoms with Crippen molar-refractivity contribution in [1.82, 2.24) is 14.5 Å². The summed E-state index contributed by atoms with van der Waals surface area (Å²) in [5, 5.41) is 2.88. The number of rotatable bonds is 4. The Kier molecular flexibility index (Phi) is 4.89. The van der Waals surface area contributed by atoms with Crippen molar-refractivity contribution in [2.45, 2.75) is 0 Å². The lowest BCUT2D eigenvalue weighted by Crippen LogP contribution is -2.44. The normalized spacial score (nSPS) is 14.9. The lowest BCUT2D eigenvalue weighted by Gasteiger charge is -2.33. The van der Waals surface area contributed by atoms with Gasteiger partial charge in [0, 0.05) is 49.8 Å². The van der Waals surface area contributed by atoms with Crippen LogP contribution >= 0.6 is 0 Å². The first kappa shape index (κ1) is 17.3. The second kappa shape index (κ2) is 7.63. The van der Waals surface area contributed by atoms with E-state index in [-0.39, 0.29) is 5.91 Å². The molecular formula is C21H23N5O. The highest BCUT2D eigenvalue weighted by atomic mass is 16.1. The van der Waals surface area contributed by atoms with Crippen LogP contribution in [0.25, 0.3) is 5.69 Å². The monoisotopic (exact) mass is 361 g/mol. The second-order valence-corrected chi connectivity index (χ2v) is 6.79. The number of carbonyl (C=O) groups is 1. The highest BCUT2D eigenvalue weighted by Crippen LogP contribution is 2.18. The molecule has 0 spiro atoms. The van der Waals surface area contributed by atoms with E-state index in [1.807, 2.05) is 65.6 Å². The van der Waals surface area contributed by atoms with Gasteiger partial charge < -0.3 is 19.7 Å². The summed E-state index contributed by atoms with van der Waals surface area (Å²) in [7, 11) is 2.14. The van der Waals surface area contributed by atoms with Gasteiger partial charge in [0.15, 0.2) is 0 Å². The summed E-state index contributed by atoms with van der Waals surface area (Å²) in [5.41, 5.74) is 2.65. The molecule has 0 atom stereocenters. The third-order valence-electron chi connectivity index (χ3n) is 4.87. The summed E-state index contributed by atoms with van der Waals surface area (Å²) in [6, 6.07) is 15.3. The van der Waals surface area contributed by atoms with Crippen molar-refractivity contribution in [2.75, 3.05) is 43.4 Å². The molecule has 4 rings (SSSR count). The van der Waals surface area contributed by atoms with Gasteiger partial charge in [0.25, 0.3) is 5.91 Å². The number of nitrogens with one attached hydrogen (secondary N) is 1. The van der Waals surface area contributed by atoms with Crippen molar-refractivity contribution in [3.8, 4) is 5.69 Å². The van der Waals surface area contributed by atoms with Crippen molar-refractivity contribution in [2.24, 2.45) is 0 Å². The first-order chi connectivity index (χ1) is 13.2. The fraction of sp³-hybridized carbons (Fsp3) is 0.238. The van der Waals surface area contributed by atoms with Gasteiger partial charge in [0.05, 0.1) is 11.9 Å². The van der Waals surface area contributed by atoms with E-state index in [1.165, 1.54) is 0 Å². The van der Waals surface area contributed by atoms with Gasteiger partial charge in [0.2, 0.25) is 0 Å². The Labute approximate surface area is 159 Å². The number of benzene rings is 1. The van der Waals surface area contributed by atoms with Crippen molar-refractivity contribution < 1.29 is 4.79 Å². The molecule has 0 unspecified atom stereocenters. The zero-order valence-corrected chi connectivity index (χ0v) is 15.4. The SMILES string of the molecule is CN1CCN(c2ccc(NC(=O)c3cccc(-n4cccc4)c3)nc2)CC1. The Balaban J connectivity index is 1.43. The molecule has 0 bridgehead atoms. The number of hydrogen-bond donors (Lipinski definition) is 1. The minimum absolute atomic E-state index is 0.163. The maximum absolute atomic E-state index is 12.6. The summed E-state index contributed by atoms with van der Waals surface area (Å²) in [4.78, 5) is 21.6. The third-order valence-corrected chi connectivity index (χ3v) is 4.87. The standard InChI is InChI=1S/C21H23N5O/c1-24-11-13-26(14-12-24)19-7-8-20(22-16-19)23-21(27)17-5-4-6-18(15-17)25-9-2-3-10-25/h2-10,15-16H,11-14H2,1H3,(H,22,23,27). The van der Waals surface area contributed by atoms with E-state index in [4.69, 9.17) is 0 Å². The van der Waals surface area contributed by atoms with E-state index in [2.05, 4.69) is 27.1 Å². The highest BCUT2D eigenvalue weighted by Gasteiger charge is 2.15. The molecule has 1 aromatic carbocycles. The molecule has 3 aromatic rings. The number of hydrogen-bond acceptors (Lipinski definition) is 4. The number of piperazine rings is 1. The zero-order valence-electron chi connectivity index (χ0n) is 15.4. The van der Waals surface area contributed by atoms with Gasteiger partial charge in [-0.1, -0.05) is 6.07 Å². The predicted molar refractivity (Wildman–Crippen MR) is 108 cm³/mol. The van der Waals surface area contributed by atoms with E-state index in [9.17, 15) is 4.79 Å². The van der Waals surface area contributed by atoms with Crippen LogP contribution in [0.1, 0.15) is 10.4 Å². The Bertz CT molecular complexity index is 897. The van der Waals surface area contributed by atoms with E-state index < -0.39 is 0 Å². The average Bonchev–Trinajstić information content (AvgIpc) is 3.24. The topological polar surface area (TPSA) is 53.4 Å². The third kappa shape index (κ3) is 4.01. The molecule has 1 saturated heterocycles. The smallest absolute Gasteiger partial charge is 0.256 e. The molecule has 27 heavy (non-hydrogen) atoms. The molecular weight excluding hydrogens is 338 g/mol. The van der Waals surface area contributed by atoms with Crippen LogP contribution in [0.5, 0.6) is 0 Å². The van der Waals surface area contributed by atoms with Crippen LogP contribution in [0.2, 0.25) is 0 Å². The van der Waals surface area contributed by atoms with E-state index in [0.29, 0.717) is 11.4 Å². The van der Waals surface area contributed by atoms with Crippen LogP contribution < -0.4 is 10.2 Å². The number of carbonyl (C=O) groups excluding carboxylic acids is 1. The van der Waals surface area contributed by atoms with Crippen molar-refractivity contribution >= 4 is 17.4 Å². The first-order valence-electron chi connectivity index (χ1n) is 9.13.